The van der Waals surface area contributed by atoms with E-state index >= 15 is 0 Å². The standard InChI is InChI=1S/C17H22N2O2/c1-21-16-7-8-17(20)15(11-16)13-19(10-9-18)12-14-5-3-2-4-6-14/h2-8,11,20H,9-10,12-13,18H2,1H3. The number of aromatic hydroxyl groups is 1. The molecule has 0 unspecified atom stereocenters. The Hall–Kier alpha value is -2.04. The van der Waals surface area contributed by atoms with Crippen LogP contribution in [0.4, 0.5) is 0 Å². The highest BCUT2D eigenvalue weighted by molar-refractivity contribution is 5.39. The van der Waals surface area contributed by atoms with Crippen molar-refractivity contribution in [2.45, 2.75) is 13.1 Å². The van der Waals surface area contributed by atoms with Gasteiger partial charge < -0.3 is 15.6 Å². The van der Waals surface area contributed by atoms with Gasteiger partial charge in [-0.25, -0.2) is 0 Å². The Morgan fingerprint density at radius 3 is 2.52 bits per heavy atom. The number of benzene rings is 2. The Morgan fingerprint density at radius 1 is 1.10 bits per heavy atom. The molecule has 4 heteroatoms. The molecule has 0 atom stereocenters. The molecule has 112 valence electrons. The number of nitrogens with zero attached hydrogens (tertiary/aromatic N) is 1. The molecule has 0 aliphatic heterocycles. The molecule has 0 fully saturated rings. The van der Waals surface area contributed by atoms with E-state index in [9.17, 15) is 5.11 Å². The molecule has 0 aliphatic rings. The zero-order chi connectivity index (χ0) is 15.1. The molecule has 0 aromatic heterocycles. The van der Waals surface area contributed by atoms with Crippen molar-refractivity contribution < 1.29 is 9.84 Å². The summed E-state index contributed by atoms with van der Waals surface area (Å²) in [5.41, 5.74) is 7.78. The van der Waals surface area contributed by atoms with Crippen molar-refractivity contribution in [1.82, 2.24) is 4.90 Å². The minimum atomic E-state index is 0.283. The topological polar surface area (TPSA) is 58.7 Å². The van der Waals surface area contributed by atoms with Crippen LogP contribution in [0.25, 0.3) is 0 Å². The summed E-state index contributed by atoms with van der Waals surface area (Å²) in [5, 5.41) is 10.0. The number of hydrogen-bond acceptors (Lipinski definition) is 4. The molecular weight excluding hydrogens is 264 g/mol. The normalized spacial score (nSPS) is 10.8. The third-order valence-electron chi connectivity index (χ3n) is 3.37. The molecule has 0 heterocycles. The maximum atomic E-state index is 10.0. The van der Waals surface area contributed by atoms with Gasteiger partial charge in [-0.05, 0) is 23.8 Å². The van der Waals surface area contributed by atoms with Crippen LogP contribution < -0.4 is 10.5 Å². The van der Waals surface area contributed by atoms with Crippen molar-refractivity contribution in [3.8, 4) is 11.5 Å². The van der Waals surface area contributed by atoms with Gasteiger partial charge in [0.2, 0.25) is 0 Å². The van der Waals surface area contributed by atoms with Crippen LogP contribution in [0.15, 0.2) is 48.5 Å². The van der Waals surface area contributed by atoms with E-state index in [0.29, 0.717) is 13.1 Å². The summed E-state index contributed by atoms with van der Waals surface area (Å²) in [5.74, 6) is 1.03. The van der Waals surface area contributed by atoms with Gasteiger partial charge in [0, 0.05) is 31.7 Å². The number of nitrogens with two attached hydrogens (primary N) is 1. The lowest BCUT2D eigenvalue weighted by atomic mass is 10.1. The monoisotopic (exact) mass is 286 g/mol. The molecule has 0 radical (unpaired) electrons. The van der Waals surface area contributed by atoms with E-state index in [1.165, 1.54) is 5.56 Å². The fourth-order valence-corrected chi connectivity index (χ4v) is 2.29. The third-order valence-corrected chi connectivity index (χ3v) is 3.37. The highest BCUT2D eigenvalue weighted by Gasteiger charge is 2.10. The fourth-order valence-electron chi connectivity index (χ4n) is 2.29. The fraction of sp³-hybridized carbons (Fsp3) is 0.294. The van der Waals surface area contributed by atoms with Crippen LogP contribution in [0.5, 0.6) is 11.5 Å². The van der Waals surface area contributed by atoms with Gasteiger partial charge in [0.1, 0.15) is 11.5 Å². The number of phenols is 1. The second-order valence-electron chi connectivity index (χ2n) is 4.98. The molecule has 0 saturated heterocycles. The van der Waals surface area contributed by atoms with Crippen LogP contribution in [0, 0.1) is 0 Å². The van der Waals surface area contributed by atoms with Crippen LogP contribution in [0.1, 0.15) is 11.1 Å². The maximum Gasteiger partial charge on any atom is 0.120 e. The van der Waals surface area contributed by atoms with Crippen molar-refractivity contribution in [2.75, 3.05) is 20.2 Å². The van der Waals surface area contributed by atoms with E-state index in [0.717, 1.165) is 24.4 Å². The second kappa shape index (κ2) is 7.67. The SMILES string of the molecule is COc1ccc(O)c(CN(CCN)Cc2ccccc2)c1. The largest absolute Gasteiger partial charge is 0.508 e. The number of hydrogen-bond donors (Lipinski definition) is 2. The first kappa shape index (κ1) is 15.4. The van der Waals surface area contributed by atoms with Gasteiger partial charge >= 0.3 is 0 Å². The smallest absolute Gasteiger partial charge is 0.120 e. The molecule has 0 saturated carbocycles. The molecule has 2 aromatic carbocycles. The molecule has 0 spiro atoms. The van der Waals surface area contributed by atoms with E-state index in [4.69, 9.17) is 10.5 Å². The molecule has 0 amide bonds. The van der Waals surface area contributed by atoms with Crippen molar-refractivity contribution in [2.24, 2.45) is 5.73 Å². The number of phenolic OH excluding ortho intramolecular Hbond substituents is 1. The van der Waals surface area contributed by atoms with Crippen LogP contribution in [0.3, 0.4) is 0 Å². The van der Waals surface area contributed by atoms with Crippen molar-refractivity contribution in [1.29, 1.82) is 0 Å². The van der Waals surface area contributed by atoms with Gasteiger partial charge in [-0.15, -0.1) is 0 Å². The quantitative estimate of drug-likeness (QED) is 0.820. The molecule has 2 rings (SSSR count). The Morgan fingerprint density at radius 2 is 1.86 bits per heavy atom. The van der Waals surface area contributed by atoms with Gasteiger partial charge in [0.05, 0.1) is 7.11 Å². The predicted molar refractivity (Wildman–Crippen MR) is 84.3 cm³/mol. The van der Waals surface area contributed by atoms with Crippen LogP contribution >= 0.6 is 0 Å². The van der Waals surface area contributed by atoms with Gasteiger partial charge in [-0.1, -0.05) is 30.3 Å². The van der Waals surface area contributed by atoms with E-state index in [2.05, 4.69) is 17.0 Å². The van der Waals surface area contributed by atoms with E-state index in [1.807, 2.05) is 24.3 Å². The number of ether oxygens (including phenoxy) is 1. The first-order chi connectivity index (χ1) is 10.2. The van der Waals surface area contributed by atoms with Crippen LogP contribution in [0.2, 0.25) is 0 Å². The summed E-state index contributed by atoms with van der Waals surface area (Å²) in [4.78, 5) is 2.21. The third kappa shape index (κ3) is 4.48. The molecule has 4 nitrogen and oxygen atoms in total. The summed E-state index contributed by atoms with van der Waals surface area (Å²) in [6.07, 6.45) is 0. The Balaban J connectivity index is 2.12. The summed E-state index contributed by atoms with van der Waals surface area (Å²) >= 11 is 0. The predicted octanol–water partition coefficient (Wildman–Crippen LogP) is 2.36. The lowest BCUT2D eigenvalue weighted by molar-refractivity contribution is 0.260. The average Bonchev–Trinajstić information content (AvgIpc) is 2.51. The highest BCUT2D eigenvalue weighted by Crippen LogP contribution is 2.24. The van der Waals surface area contributed by atoms with Crippen LogP contribution in [-0.4, -0.2) is 30.2 Å². The Kier molecular flexibility index (Phi) is 5.60. The summed E-state index contributed by atoms with van der Waals surface area (Å²) in [6.45, 7) is 2.78. The Bertz CT molecular complexity index is 558. The number of rotatable bonds is 7. The highest BCUT2D eigenvalue weighted by atomic mass is 16.5. The molecule has 2 aromatic rings. The summed E-state index contributed by atoms with van der Waals surface area (Å²) in [6, 6.07) is 15.5. The molecule has 0 aliphatic carbocycles. The molecule has 21 heavy (non-hydrogen) atoms. The summed E-state index contributed by atoms with van der Waals surface area (Å²) in [7, 11) is 1.62. The zero-order valence-corrected chi connectivity index (χ0v) is 12.3. The van der Waals surface area contributed by atoms with Crippen molar-refractivity contribution in [3.63, 3.8) is 0 Å². The van der Waals surface area contributed by atoms with Gasteiger partial charge in [0.15, 0.2) is 0 Å². The van der Waals surface area contributed by atoms with E-state index in [1.54, 1.807) is 19.2 Å². The van der Waals surface area contributed by atoms with Crippen LogP contribution in [-0.2, 0) is 13.1 Å². The van der Waals surface area contributed by atoms with Gasteiger partial charge in [-0.3, -0.25) is 4.90 Å². The van der Waals surface area contributed by atoms with Gasteiger partial charge in [-0.2, -0.15) is 0 Å². The molecule has 3 N–H and O–H groups in total. The van der Waals surface area contributed by atoms with E-state index < -0.39 is 0 Å². The maximum absolute atomic E-state index is 10.0. The van der Waals surface area contributed by atoms with E-state index in [-0.39, 0.29) is 5.75 Å². The minimum Gasteiger partial charge on any atom is -0.508 e. The zero-order valence-electron chi connectivity index (χ0n) is 12.3. The van der Waals surface area contributed by atoms with Crippen molar-refractivity contribution in [3.05, 3.63) is 59.7 Å². The first-order valence-electron chi connectivity index (χ1n) is 7.05. The van der Waals surface area contributed by atoms with Crippen molar-refractivity contribution >= 4 is 0 Å². The molecular formula is C17H22N2O2. The first-order valence-corrected chi connectivity index (χ1v) is 7.05. The average molecular weight is 286 g/mol. The summed E-state index contributed by atoms with van der Waals surface area (Å²) < 4.78 is 5.22. The van der Waals surface area contributed by atoms with Gasteiger partial charge in [0.25, 0.3) is 0 Å². The lowest BCUT2D eigenvalue weighted by Crippen LogP contribution is -2.28. The Labute approximate surface area is 125 Å². The minimum absolute atomic E-state index is 0.283. The lowest BCUT2D eigenvalue weighted by Gasteiger charge is -2.22. The number of methoxy groups -OCH3 is 1. The second-order valence-corrected chi connectivity index (χ2v) is 4.98. The molecule has 0 bridgehead atoms.